The molecule has 1 rings (SSSR count). The standard InChI is InChI=1S/C13H22N2O3/c1-6-7-10(17-5)12-14-13(18-15-12)11(8(2)3)9(4)16/h8,10-11H,6-7H2,1-5H3. The number of ketones is 1. The number of carbonyl (C=O) groups is 1. The van der Waals surface area contributed by atoms with Crippen molar-refractivity contribution >= 4 is 5.78 Å². The molecule has 0 amide bonds. The van der Waals surface area contributed by atoms with Gasteiger partial charge in [-0.15, -0.1) is 0 Å². The molecule has 0 saturated carbocycles. The van der Waals surface area contributed by atoms with E-state index in [9.17, 15) is 4.79 Å². The molecule has 0 fully saturated rings. The van der Waals surface area contributed by atoms with E-state index < -0.39 is 0 Å². The summed E-state index contributed by atoms with van der Waals surface area (Å²) >= 11 is 0. The lowest BCUT2D eigenvalue weighted by molar-refractivity contribution is -0.119. The first-order valence-electron chi connectivity index (χ1n) is 6.38. The Morgan fingerprint density at radius 3 is 2.56 bits per heavy atom. The molecule has 0 bridgehead atoms. The summed E-state index contributed by atoms with van der Waals surface area (Å²) in [5.74, 6) is 0.782. The summed E-state index contributed by atoms with van der Waals surface area (Å²) in [5.41, 5.74) is 0. The van der Waals surface area contributed by atoms with E-state index in [2.05, 4.69) is 17.1 Å². The van der Waals surface area contributed by atoms with Gasteiger partial charge in [0.25, 0.3) is 0 Å². The quantitative estimate of drug-likeness (QED) is 0.748. The third-order valence-corrected chi connectivity index (χ3v) is 2.95. The van der Waals surface area contributed by atoms with Crippen molar-refractivity contribution in [2.45, 2.75) is 52.6 Å². The Labute approximate surface area is 108 Å². The molecule has 0 N–H and O–H groups in total. The van der Waals surface area contributed by atoms with E-state index in [-0.39, 0.29) is 23.7 Å². The van der Waals surface area contributed by atoms with Gasteiger partial charge in [-0.1, -0.05) is 32.3 Å². The van der Waals surface area contributed by atoms with Crippen LogP contribution in [0.2, 0.25) is 0 Å². The maximum atomic E-state index is 11.6. The van der Waals surface area contributed by atoms with Gasteiger partial charge < -0.3 is 9.26 Å². The minimum atomic E-state index is -0.328. The normalized spacial score (nSPS) is 14.8. The SMILES string of the molecule is CCCC(OC)c1noc(C(C(C)=O)C(C)C)n1. The number of hydrogen-bond donors (Lipinski definition) is 0. The Kier molecular flexibility index (Phi) is 5.47. The fourth-order valence-corrected chi connectivity index (χ4v) is 2.05. The highest BCUT2D eigenvalue weighted by atomic mass is 16.5. The van der Waals surface area contributed by atoms with Crippen molar-refractivity contribution in [3.63, 3.8) is 0 Å². The first-order chi connectivity index (χ1) is 8.51. The van der Waals surface area contributed by atoms with Crippen LogP contribution in [0.4, 0.5) is 0 Å². The monoisotopic (exact) mass is 254 g/mol. The summed E-state index contributed by atoms with van der Waals surface area (Å²) < 4.78 is 10.5. The number of nitrogens with zero attached hydrogens (tertiary/aromatic N) is 2. The third-order valence-electron chi connectivity index (χ3n) is 2.95. The van der Waals surface area contributed by atoms with Crippen LogP contribution in [-0.2, 0) is 9.53 Å². The van der Waals surface area contributed by atoms with E-state index in [1.807, 2.05) is 13.8 Å². The molecule has 5 nitrogen and oxygen atoms in total. The van der Waals surface area contributed by atoms with Crippen LogP contribution in [0.3, 0.4) is 0 Å². The Hall–Kier alpha value is -1.23. The molecule has 18 heavy (non-hydrogen) atoms. The summed E-state index contributed by atoms with van der Waals surface area (Å²) in [6.07, 6.45) is 1.65. The third kappa shape index (κ3) is 3.38. The van der Waals surface area contributed by atoms with Gasteiger partial charge in [-0.2, -0.15) is 4.98 Å². The van der Waals surface area contributed by atoms with Crippen LogP contribution in [0.25, 0.3) is 0 Å². The molecule has 1 aromatic heterocycles. The summed E-state index contributed by atoms with van der Waals surface area (Å²) in [5, 5.41) is 3.93. The van der Waals surface area contributed by atoms with Crippen LogP contribution in [0.5, 0.6) is 0 Å². The van der Waals surface area contributed by atoms with Crippen molar-refractivity contribution in [2.75, 3.05) is 7.11 Å². The average molecular weight is 254 g/mol. The van der Waals surface area contributed by atoms with Gasteiger partial charge in [0.2, 0.25) is 11.7 Å². The second-order valence-electron chi connectivity index (χ2n) is 4.84. The highest BCUT2D eigenvalue weighted by molar-refractivity contribution is 5.82. The van der Waals surface area contributed by atoms with Gasteiger partial charge in [0.1, 0.15) is 11.9 Å². The molecular formula is C13H22N2O3. The summed E-state index contributed by atoms with van der Waals surface area (Å²) in [7, 11) is 1.63. The maximum Gasteiger partial charge on any atom is 0.237 e. The van der Waals surface area contributed by atoms with Crippen molar-refractivity contribution in [3.8, 4) is 0 Å². The molecule has 0 radical (unpaired) electrons. The number of aromatic nitrogens is 2. The van der Waals surface area contributed by atoms with Crippen LogP contribution in [0.1, 0.15) is 64.3 Å². The predicted octanol–water partition coefficient (Wildman–Crippen LogP) is 2.89. The van der Waals surface area contributed by atoms with Crippen LogP contribution in [0, 0.1) is 5.92 Å². The number of carbonyl (C=O) groups excluding carboxylic acids is 1. The largest absolute Gasteiger partial charge is 0.373 e. The van der Waals surface area contributed by atoms with E-state index in [1.54, 1.807) is 14.0 Å². The number of rotatable bonds is 7. The predicted molar refractivity (Wildman–Crippen MR) is 67.2 cm³/mol. The highest BCUT2D eigenvalue weighted by Gasteiger charge is 2.28. The molecule has 0 saturated heterocycles. The average Bonchev–Trinajstić information content (AvgIpc) is 2.73. The first-order valence-corrected chi connectivity index (χ1v) is 6.38. The fourth-order valence-electron chi connectivity index (χ4n) is 2.05. The molecule has 1 heterocycles. The molecule has 0 aliphatic heterocycles. The summed E-state index contributed by atoms with van der Waals surface area (Å²) in [4.78, 5) is 15.9. The Morgan fingerprint density at radius 2 is 2.11 bits per heavy atom. The zero-order chi connectivity index (χ0) is 13.7. The van der Waals surface area contributed by atoms with Crippen molar-refractivity contribution < 1.29 is 14.1 Å². The summed E-state index contributed by atoms with van der Waals surface area (Å²) in [6, 6.07) is 0. The maximum absolute atomic E-state index is 11.6. The van der Waals surface area contributed by atoms with Crippen molar-refractivity contribution in [1.29, 1.82) is 0 Å². The molecule has 0 spiro atoms. The van der Waals surface area contributed by atoms with Crippen LogP contribution >= 0.6 is 0 Å². The van der Waals surface area contributed by atoms with E-state index in [4.69, 9.17) is 9.26 Å². The van der Waals surface area contributed by atoms with Gasteiger partial charge in [-0.05, 0) is 19.3 Å². The number of Topliss-reactive ketones (excluding diaryl/α,β-unsaturated/α-hetero) is 1. The van der Waals surface area contributed by atoms with Gasteiger partial charge in [-0.3, -0.25) is 4.79 Å². The molecule has 5 heteroatoms. The second-order valence-corrected chi connectivity index (χ2v) is 4.84. The van der Waals surface area contributed by atoms with E-state index in [0.29, 0.717) is 11.7 Å². The minimum absolute atomic E-state index is 0.0460. The highest BCUT2D eigenvalue weighted by Crippen LogP contribution is 2.26. The lowest BCUT2D eigenvalue weighted by Crippen LogP contribution is -2.16. The van der Waals surface area contributed by atoms with Crippen LogP contribution in [0.15, 0.2) is 4.52 Å². The molecular weight excluding hydrogens is 232 g/mol. The fraction of sp³-hybridized carbons (Fsp3) is 0.769. The smallest absolute Gasteiger partial charge is 0.237 e. The molecule has 102 valence electrons. The topological polar surface area (TPSA) is 65.2 Å². The second kappa shape index (κ2) is 6.64. The van der Waals surface area contributed by atoms with Gasteiger partial charge in [0, 0.05) is 7.11 Å². The van der Waals surface area contributed by atoms with E-state index in [1.165, 1.54) is 0 Å². The van der Waals surface area contributed by atoms with Gasteiger partial charge in [0.05, 0.1) is 5.92 Å². The van der Waals surface area contributed by atoms with Crippen molar-refractivity contribution in [3.05, 3.63) is 11.7 Å². The number of methoxy groups -OCH3 is 1. The van der Waals surface area contributed by atoms with Crippen molar-refractivity contribution in [1.82, 2.24) is 10.1 Å². The zero-order valence-corrected chi connectivity index (χ0v) is 11.8. The number of ether oxygens (including phenoxy) is 1. The Balaban J connectivity index is 2.93. The Morgan fingerprint density at radius 1 is 1.44 bits per heavy atom. The Bertz CT molecular complexity index is 387. The van der Waals surface area contributed by atoms with E-state index in [0.717, 1.165) is 12.8 Å². The van der Waals surface area contributed by atoms with Gasteiger partial charge in [0.15, 0.2) is 0 Å². The molecule has 0 aromatic carbocycles. The first kappa shape index (κ1) is 14.8. The van der Waals surface area contributed by atoms with Crippen LogP contribution in [-0.4, -0.2) is 23.0 Å². The lowest BCUT2D eigenvalue weighted by atomic mass is 9.92. The van der Waals surface area contributed by atoms with Gasteiger partial charge in [-0.25, -0.2) is 0 Å². The molecule has 2 atom stereocenters. The van der Waals surface area contributed by atoms with Crippen molar-refractivity contribution in [2.24, 2.45) is 5.92 Å². The zero-order valence-electron chi connectivity index (χ0n) is 11.8. The lowest BCUT2D eigenvalue weighted by Gasteiger charge is -2.12. The molecule has 1 aromatic rings. The number of hydrogen-bond acceptors (Lipinski definition) is 5. The molecule has 0 aliphatic carbocycles. The van der Waals surface area contributed by atoms with Gasteiger partial charge >= 0.3 is 0 Å². The summed E-state index contributed by atoms with van der Waals surface area (Å²) in [6.45, 7) is 7.56. The van der Waals surface area contributed by atoms with E-state index >= 15 is 0 Å². The molecule has 0 aliphatic rings. The minimum Gasteiger partial charge on any atom is -0.373 e. The molecule has 2 unspecified atom stereocenters. The van der Waals surface area contributed by atoms with Crippen LogP contribution < -0.4 is 0 Å².